The summed E-state index contributed by atoms with van der Waals surface area (Å²) in [4.78, 5) is 64.8. The van der Waals surface area contributed by atoms with Crippen LogP contribution in [-0.4, -0.2) is 77.4 Å². The van der Waals surface area contributed by atoms with Crippen molar-refractivity contribution in [2.75, 3.05) is 19.6 Å². The fraction of sp³-hybridized carbons (Fsp3) is 0.429. The maximum atomic E-state index is 12.4. The average Bonchev–Trinajstić information content (AvgIpc) is 3.06. The second-order valence-electron chi connectivity index (χ2n) is 7.62. The Morgan fingerprint density at radius 3 is 2.50 bits per heavy atom. The smallest absolute Gasteiger partial charge is 0.328 e. The van der Waals surface area contributed by atoms with E-state index in [1.54, 1.807) is 0 Å². The molecule has 5 amide bonds. The minimum absolute atomic E-state index is 0.0767. The molecule has 0 aromatic heterocycles. The number of aliphatic carboxylic acids is 1. The summed E-state index contributed by atoms with van der Waals surface area (Å²) < 4.78 is 0. The van der Waals surface area contributed by atoms with Gasteiger partial charge in [-0.05, 0) is 24.8 Å². The van der Waals surface area contributed by atoms with Crippen molar-refractivity contribution in [2.24, 2.45) is 16.5 Å². The van der Waals surface area contributed by atoms with Crippen molar-refractivity contribution in [3.63, 3.8) is 0 Å². The zero-order valence-corrected chi connectivity index (χ0v) is 18.5. The number of carboxylic acids is 1. The molecule has 1 aliphatic heterocycles. The monoisotopic (exact) mass is 475 g/mol. The van der Waals surface area contributed by atoms with Gasteiger partial charge in [0.15, 0.2) is 5.96 Å². The molecule has 1 unspecified atom stereocenters. The molecule has 8 N–H and O–H groups in total. The van der Waals surface area contributed by atoms with Gasteiger partial charge in [-0.15, -0.1) is 0 Å². The summed E-state index contributed by atoms with van der Waals surface area (Å²) in [5.74, 6) is -3.21. The van der Waals surface area contributed by atoms with Crippen LogP contribution in [0.3, 0.4) is 0 Å². The Labute approximate surface area is 195 Å². The van der Waals surface area contributed by atoms with E-state index in [0.29, 0.717) is 12.8 Å². The van der Waals surface area contributed by atoms with Crippen molar-refractivity contribution in [3.8, 4) is 0 Å². The molecular weight excluding hydrogens is 446 g/mol. The third-order valence-electron chi connectivity index (χ3n) is 4.97. The molecular formula is C21H29N7O6. The Morgan fingerprint density at radius 2 is 1.85 bits per heavy atom. The van der Waals surface area contributed by atoms with Gasteiger partial charge in [-0.2, -0.15) is 0 Å². The molecule has 1 aromatic rings. The van der Waals surface area contributed by atoms with Crippen LogP contribution in [0.15, 0.2) is 35.3 Å². The fourth-order valence-electron chi connectivity index (χ4n) is 3.21. The molecule has 0 aliphatic carbocycles. The lowest BCUT2D eigenvalue weighted by Gasteiger charge is -2.17. The summed E-state index contributed by atoms with van der Waals surface area (Å²) in [5.41, 5.74) is 11.4. The van der Waals surface area contributed by atoms with Crippen LogP contribution >= 0.6 is 0 Å². The molecule has 13 heteroatoms. The topological polar surface area (TPSA) is 209 Å². The quantitative estimate of drug-likeness (QED) is 0.0834. The number of aryl methyl sites for hydroxylation is 1. The van der Waals surface area contributed by atoms with Gasteiger partial charge >= 0.3 is 12.0 Å². The second kappa shape index (κ2) is 12.8. The van der Waals surface area contributed by atoms with Gasteiger partial charge in [-0.1, -0.05) is 30.3 Å². The van der Waals surface area contributed by atoms with Gasteiger partial charge in [0, 0.05) is 19.5 Å². The molecule has 2 atom stereocenters. The van der Waals surface area contributed by atoms with Crippen LogP contribution in [0.4, 0.5) is 4.79 Å². The van der Waals surface area contributed by atoms with Crippen molar-refractivity contribution < 1.29 is 29.1 Å². The Hall–Kier alpha value is -4.16. The number of carboxylic acid groups (broad SMARTS) is 1. The lowest BCUT2D eigenvalue weighted by Crippen LogP contribution is -2.50. The van der Waals surface area contributed by atoms with Crippen molar-refractivity contribution >= 4 is 35.7 Å². The van der Waals surface area contributed by atoms with Crippen LogP contribution in [-0.2, 0) is 25.6 Å². The highest BCUT2D eigenvalue weighted by Crippen LogP contribution is 2.11. The Kier molecular flexibility index (Phi) is 9.80. The third kappa shape index (κ3) is 8.41. The molecule has 0 spiro atoms. The predicted octanol–water partition coefficient (Wildman–Crippen LogP) is -1.72. The molecule has 1 fully saturated rings. The van der Waals surface area contributed by atoms with E-state index >= 15 is 0 Å². The predicted molar refractivity (Wildman–Crippen MR) is 121 cm³/mol. The SMILES string of the molecule is NC(N)=NCCC[C@@H]1NC(=O)N(CC(=O)NCC(NC(=O)CCc2ccccc2)C(=O)O)C1=O. The number of hydrogen-bond donors (Lipinski definition) is 6. The lowest BCUT2D eigenvalue weighted by atomic mass is 10.1. The Bertz CT molecular complexity index is 933. The summed E-state index contributed by atoms with van der Waals surface area (Å²) in [5, 5.41) is 16.5. The number of amides is 5. The standard InChI is InChI=1S/C21H29N7O6/c22-20(23)24-10-4-7-14-18(31)28(21(34)27-14)12-17(30)25-11-15(19(32)33)26-16(29)9-8-13-5-2-1-3-6-13/h1-3,5-6,14-15H,4,7-12H2,(H,25,30)(H,26,29)(H,27,34)(H,32,33)(H4,22,23,24)/t14-,15?/m0/s1. The molecule has 2 rings (SSSR count). The number of benzene rings is 1. The number of nitrogens with one attached hydrogen (secondary N) is 3. The summed E-state index contributed by atoms with van der Waals surface area (Å²) in [7, 11) is 0. The van der Waals surface area contributed by atoms with E-state index in [-0.39, 0.29) is 25.3 Å². The van der Waals surface area contributed by atoms with Crippen molar-refractivity contribution in [1.29, 1.82) is 0 Å². The summed E-state index contributed by atoms with van der Waals surface area (Å²) in [6, 6.07) is 6.34. The normalized spacial score (nSPS) is 15.9. The van der Waals surface area contributed by atoms with Crippen LogP contribution in [0.25, 0.3) is 0 Å². The number of aliphatic imine (C=N–C) groups is 1. The molecule has 13 nitrogen and oxygen atoms in total. The highest BCUT2D eigenvalue weighted by molar-refractivity contribution is 6.06. The van der Waals surface area contributed by atoms with Crippen molar-refractivity contribution in [1.82, 2.24) is 20.9 Å². The molecule has 1 aromatic carbocycles. The molecule has 0 saturated carbocycles. The molecule has 0 bridgehead atoms. The number of carbonyl (C=O) groups is 5. The van der Waals surface area contributed by atoms with E-state index in [9.17, 15) is 29.1 Å². The average molecular weight is 476 g/mol. The lowest BCUT2D eigenvalue weighted by molar-refractivity contribution is -0.142. The first-order chi connectivity index (χ1) is 16.2. The van der Waals surface area contributed by atoms with E-state index in [0.717, 1.165) is 10.5 Å². The van der Waals surface area contributed by atoms with Gasteiger partial charge in [0.2, 0.25) is 11.8 Å². The maximum absolute atomic E-state index is 12.4. The number of nitrogens with two attached hydrogens (primary N) is 2. The minimum Gasteiger partial charge on any atom is -0.480 e. The number of carbonyl (C=O) groups excluding carboxylic acids is 4. The number of imide groups is 1. The number of hydrogen-bond acceptors (Lipinski definition) is 6. The van der Waals surface area contributed by atoms with E-state index in [2.05, 4.69) is 20.9 Å². The maximum Gasteiger partial charge on any atom is 0.328 e. The Morgan fingerprint density at radius 1 is 1.15 bits per heavy atom. The minimum atomic E-state index is -1.36. The number of guanidine groups is 1. The molecule has 1 saturated heterocycles. The zero-order chi connectivity index (χ0) is 25.1. The van der Waals surface area contributed by atoms with E-state index in [4.69, 9.17) is 11.5 Å². The van der Waals surface area contributed by atoms with E-state index < -0.39 is 54.9 Å². The fourth-order valence-corrected chi connectivity index (χ4v) is 3.21. The van der Waals surface area contributed by atoms with Gasteiger partial charge in [0.05, 0.1) is 0 Å². The number of nitrogens with zero attached hydrogens (tertiary/aromatic N) is 2. The van der Waals surface area contributed by atoms with Crippen LogP contribution in [0.1, 0.15) is 24.8 Å². The van der Waals surface area contributed by atoms with Crippen molar-refractivity contribution in [2.45, 2.75) is 37.8 Å². The second-order valence-corrected chi connectivity index (χ2v) is 7.62. The van der Waals surface area contributed by atoms with E-state index in [1.165, 1.54) is 0 Å². The molecule has 1 heterocycles. The van der Waals surface area contributed by atoms with Gasteiger partial charge in [-0.25, -0.2) is 9.59 Å². The summed E-state index contributed by atoms with van der Waals surface area (Å²) >= 11 is 0. The number of rotatable bonds is 13. The Balaban J connectivity index is 1.78. The molecule has 1 aliphatic rings. The van der Waals surface area contributed by atoms with Gasteiger partial charge in [-0.3, -0.25) is 24.3 Å². The first-order valence-corrected chi connectivity index (χ1v) is 10.7. The van der Waals surface area contributed by atoms with Crippen LogP contribution in [0.2, 0.25) is 0 Å². The van der Waals surface area contributed by atoms with Gasteiger partial charge in [0.1, 0.15) is 18.6 Å². The molecule has 0 radical (unpaired) electrons. The van der Waals surface area contributed by atoms with Crippen molar-refractivity contribution in [3.05, 3.63) is 35.9 Å². The van der Waals surface area contributed by atoms with Crippen LogP contribution in [0.5, 0.6) is 0 Å². The first kappa shape index (κ1) is 26.1. The number of urea groups is 1. The van der Waals surface area contributed by atoms with Crippen LogP contribution in [0, 0.1) is 0 Å². The zero-order valence-electron chi connectivity index (χ0n) is 18.5. The van der Waals surface area contributed by atoms with E-state index in [1.807, 2.05) is 30.3 Å². The van der Waals surface area contributed by atoms with Gasteiger partial charge in [0.25, 0.3) is 5.91 Å². The van der Waals surface area contributed by atoms with Crippen LogP contribution < -0.4 is 27.4 Å². The first-order valence-electron chi connectivity index (χ1n) is 10.7. The highest BCUT2D eigenvalue weighted by atomic mass is 16.4. The third-order valence-corrected chi connectivity index (χ3v) is 4.97. The molecule has 184 valence electrons. The van der Waals surface area contributed by atoms with Gasteiger partial charge < -0.3 is 32.5 Å². The summed E-state index contributed by atoms with van der Waals surface area (Å²) in [6.45, 7) is -0.698. The molecule has 34 heavy (non-hydrogen) atoms. The summed E-state index contributed by atoms with van der Waals surface area (Å²) in [6.07, 6.45) is 1.24. The highest BCUT2D eigenvalue weighted by Gasteiger charge is 2.38. The largest absolute Gasteiger partial charge is 0.480 e.